The number of rotatable bonds is 3. The van der Waals surface area contributed by atoms with Crippen molar-refractivity contribution in [2.45, 2.75) is 19.4 Å². The van der Waals surface area contributed by atoms with Gasteiger partial charge in [0.25, 0.3) is 5.91 Å². The van der Waals surface area contributed by atoms with Crippen molar-refractivity contribution in [3.8, 4) is 0 Å². The van der Waals surface area contributed by atoms with Crippen molar-refractivity contribution in [3.63, 3.8) is 0 Å². The van der Waals surface area contributed by atoms with Gasteiger partial charge in [-0.2, -0.15) is 0 Å². The van der Waals surface area contributed by atoms with Crippen LogP contribution in [0.15, 0.2) is 36.8 Å². The summed E-state index contributed by atoms with van der Waals surface area (Å²) in [6, 6.07) is 6.04. The third-order valence-corrected chi connectivity index (χ3v) is 5.26. The Hall–Kier alpha value is -2.08. The second-order valence-electron chi connectivity index (χ2n) is 6.40. The number of ether oxygens (including phenoxy) is 1. The zero-order valence-corrected chi connectivity index (χ0v) is 15.6. The Labute approximate surface area is 160 Å². The van der Waals surface area contributed by atoms with E-state index in [1.54, 1.807) is 0 Å². The highest BCUT2D eigenvalue weighted by Crippen LogP contribution is 2.31. The Morgan fingerprint density at radius 3 is 2.77 bits per heavy atom. The molecule has 0 aliphatic carbocycles. The van der Waals surface area contributed by atoms with Crippen LogP contribution in [0.2, 0.25) is 10.0 Å². The largest absolute Gasteiger partial charge is 0.379 e. The van der Waals surface area contributed by atoms with E-state index in [9.17, 15) is 4.79 Å². The summed E-state index contributed by atoms with van der Waals surface area (Å²) in [6.07, 6.45) is 6.02. The fraction of sp³-hybridized carbons (Fsp3) is 0.263. The molecule has 3 aromatic rings. The number of nitrogens with zero attached hydrogens (tertiary/aromatic N) is 2. The minimum Gasteiger partial charge on any atom is -0.379 e. The molecule has 1 aromatic carbocycles. The lowest BCUT2D eigenvalue weighted by Gasteiger charge is -2.12. The highest BCUT2D eigenvalue weighted by molar-refractivity contribution is 6.39. The molecular formula is C19H17Cl2N3O2. The van der Waals surface area contributed by atoms with E-state index in [0.717, 1.165) is 36.1 Å². The highest BCUT2D eigenvalue weighted by atomic mass is 35.5. The molecule has 4 rings (SSSR count). The first kappa shape index (κ1) is 17.3. The fourth-order valence-corrected chi connectivity index (χ4v) is 3.79. The van der Waals surface area contributed by atoms with Gasteiger partial charge in [-0.3, -0.25) is 9.78 Å². The number of hydrogen-bond acceptors (Lipinski definition) is 3. The molecule has 7 heteroatoms. The fourth-order valence-electron chi connectivity index (χ4n) is 3.33. The quantitative estimate of drug-likeness (QED) is 0.695. The van der Waals surface area contributed by atoms with Gasteiger partial charge in [-0.05, 0) is 37.1 Å². The van der Waals surface area contributed by atoms with Gasteiger partial charge in [0.05, 0.1) is 28.4 Å². The third-order valence-electron chi connectivity index (χ3n) is 4.69. The standard InChI is InChI=1S/C19H17Cl2N3O2/c1-11-9-24(13-4-5-26-10-13)17-3-2-12(6-14(11)17)19(25)23-18-15(20)7-22-8-16(18)21/h2-3,6-9,13H,4-5,10H2,1H3,(H,22,23,25). The molecule has 0 radical (unpaired) electrons. The predicted octanol–water partition coefficient (Wildman–Crippen LogP) is 4.87. The van der Waals surface area contributed by atoms with Crippen LogP contribution >= 0.6 is 23.2 Å². The summed E-state index contributed by atoms with van der Waals surface area (Å²) >= 11 is 12.2. The maximum Gasteiger partial charge on any atom is 0.255 e. The van der Waals surface area contributed by atoms with Gasteiger partial charge >= 0.3 is 0 Å². The molecule has 3 heterocycles. The molecule has 1 aliphatic rings. The van der Waals surface area contributed by atoms with Crippen LogP contribution in [0.1, 0.15) is 28.4 Å². The molecule has 1 N–H and O–H groups in total. The predicted molar refractivity (Wildman–Crippen MR) is 103 cm³/mol. The summed E-state index contributed by atoms with van der Waals surface area (Å²) < 4.78 is 7.75. The minimum atomic E-state index is -0.266. The molecule has 1 fully saturated rings. The van der Waals surface area contributed by atoms with Crippen LogP contribution in [0, 0.1) is 6.92 Å². The van der Waals surface area contributed by atoms with E-state index in [0.29, 0.717) is 27.3 Å². The molecule has 0 bridgehead atoms. The SMILES string of the molecule is Cc1cn(C2CCOC2)c2ccc(C(=O)Nc3c(Cl)cncc3Cl)cc12. The van der Waals surface area contributed by atoms with Gasteiger partial charge in [0, 0.05) is 41.7 Å². The van der Waals surface area contributed by atoms with E-state index in [4.69, 9.17) is 27.9 Å². The number of anilines is 1. The average Bonchev–Trinajstić information content (AvgIpc) is 3.26. The first-order valence-electron chi connectivity index (χ1n) is 8.34. The maximum atomic E-state index is 12.7. The lowest BCUT2D eigenvalue weighted by Crippen LogP contribution is -2.13. The number of carbonyl (C=O) groups is 1. The molecular weight excluding hydrogens is 373 g/mol. The van der Waals surface area contributed by atoms with Crippen LogP contribution in [0.3, 0.4) is 0 Å². The van der Waals surface area contributed by atoms with E-state index in [1.807, 2.05) is 25.1 Å². The van der Waals surface area contributed by atoms with Gasteiger partial charge < -0.3 is 14.6 Å². The van der Waals surface area contributed by atoms with Gasteiger partial charge in [-0.15, -0.1) is 0 Å². The lowest BCUT2D eigenvalue weighted by atomic mass is 10.1. The van der Waals surface area contributed by atoms with Crippen LogP contribution in [0.4, 0.5) is 5.69 Å². The van der Waals surface area contributed by atoms with Crippen molar-refractivity contribution < 1.29 is 9.53 Å². The van der Waals surface area contributed by atoms with Crippen molar-refractivity contribution in [1.82, 2.24) is 9.55 Å². The number of carbonyl (C=O) groups excluding carboxylic acids is 1. The van der Waals surface area contributed by atoms with Gasteiger partial charge in [0.15, 0.2) is 0 Å². The number of pyridine rings is 1. The smallest absolute Gasteiger partial charge is 0.255 e. The number of fused-ring (bicyclic) bond motifs is 1. The molecule has 1 unspecified atom stereocenters. The monoisotopic (exact) mass is 389 g/mol. The Kier molecular flexibility index (Phi) is 4.61. The number of aromatic nitrogens is 2. The summed E-state index contributed by atoms with van der Waals surface area (Å²) in [5, 5.41) is 4.43. The highest BCUT2D eigenvalue weighted by Gasteiger charge is 2.21. The van der Waals surface area contributed by atoms with E-state index < -0.39 is 0 Å². The number of benzene rings is 1. The zero-order chi connectivity index (χ0) is 18.3. The van der Waals surface area contributed by atoms with Crippen LogP contribution in [0.25, 0.3) is 10.9 Å². The zero-order valence-electron chi connectivity index (χ0n) is 14.1. The van der Waals surface area contributed by atoms with Crippen molar-refractivity contribution in [2.24, 2.45) is 0 Å². The summed E-state index contributed by atoms with van der Waals surface area (Å²) in [5.41, 5.74) is 3.15. The Morgan fingerprint density at radius 2 is 2.08 bits per heavy atom. The van der Waals surface area contributed by atoms with Crippen molar-refractivity contribution in [2.75, 3.05) is 18.5 Å². The molecule has 2 aromatic heterocycles. The van der Waals surface area contributed by atoms with Crippen molar-refractivity contribution in [3.05, 3.63) is 58.0 Å². The van der Waals surface area contributed by atoms with Crippen molar-refractivity contribution >= 4 is 45.7 Å². The number of hydrogen-bond donors (Lipinski definition) is 1. The lowest BCUT2D eigenvalue weighted by molar-refractivity contribution is 0.102. The molecule has 134 valence electrons. The molecule has 1 aliphatic heterocycles. The molecule has 26 heavy (non-hydrogen) atoms. The normalized spacial score (nSPS) is 17.0. The topological polar surface area (TPSA) is 56.1 Å². The number of aryl methyl sites for hydroxylation is 1. The summed E-state index contributed by atoms with van der Waals surface area (Å²) in [4.78, 5) is 16.6. The van der Waals surface area contributed by atoms with Crippen LogP contribution < -0.4 is 5.32 Å². The Balaban J connectivity index is 1.67. The number of halogens is 2. The number of nitrogens with one attached hydrogen (secondary N) is 1. The van der Waals surface area contributed by atoms with Crippen molar-refractivity contribution in [1.29, 1.82) is 0 Å². The molecule has 0 saturated carbocycles. The molecule has 5 nitrogen and oxygen atoms in total. The molecule has 0 spiro atoms. The second kappa shape index (κ2) is 6.91. The average molecular weight is 390 g/mol. The van der Waals surface area contributed by atoms with E-state index >= 15 is 0 Å². The summed E-state index contributed by atoms with van der Waals surface area (Å²) in [7, 11) is 0. The maximum absolute atomic E-state index is 12.7. The molecule has 1 amide bonds. The van der Waals surface area contributed by atoms with E-state index in [1.165, 1.54) is 12.4 Å². The third kappa shape index (κ3) is 3.07. The Bertz CT molecular complexity index is 974. The van der Waals surface area contributed by atoms with Gasteiger partial charge in [-0.1, -0.05) is 23.2 Å². The van der Waals surface area contributed by atoms with E-state index in [-0.39, 0.29) is 5.91 Å². The molecule has 1 atom stereocenters. The molecule has 1 saturated heterocycles. The first-order valence-corrected chi connectivity index (χ1v) is 9.09. The van der Waals surface area contributed by atoms with E-state index in [2.05, 4.69) is 21.1 Å². The van der Waals surface area contributed by atoms with Crippen LogP contribution in [-0.4, -0.2) is 28.7 Å². The van der Waals surface area contributed by atoms with Gasteiger partial charge in [0.2, 0.25) is 0 Å². The minimum absolute atomic E-state index is 0.266. The van der Waals surface area contributed by atoms with Crippen LogP contribution in [0.5, 0.6) is 0 Å². The van der Waals surface area contributed by atoms with Gasteiger partial charge in [-0.25, -0.2) is 0 Å². The summed E-state index contributed by atoms with van der Waals surface area (Å²) in [6.45, 7) is 3.56. The Morgan fingerprint density at radius 1 is 1.31 bits per heavy atom. The van der Waals surface area contributed by atoms with Gasteiger partial charge in [0.1, 0.15) is 0 Å². The van der Waals surface area contributed by atoms with Crippen LogP contribution in [-0.2, 0) is 4.74 Å². The number of amides is 1. The summed E-state index contributed by atoms with van der Waals surface area (Å²) in [5.74, 6) is -0.266. The first-order chi connectivity index (χ1) is 12.5. The second-order valence-corrected chi connectivity index (χ2v) is 7.22.